The van der Waals surface area contributed by atoms with Gasteiger partial charge >= 0.3 is 0 Å². The number of oxazole rings is 1. The minimum absolute atomic E-state index is 0.0766. The van der Waals surface area contributed by atoms with Crippen LogP contribution in [0, 0.1) is 0 Å². The average Bonchev–Trinajstić information content (AvgIpc) is 3.39. The van der Waals surface area contributed by atoms with Crippen molar-refractivity contribution in [1.82, 2.24) is 14.5 Å². The Morgan fingerprint density at radius 1 is 0.939 bits per heavy atom. The Kier molecular flexibility index (Phi) is 5.89. The molecule has 0 saturated carbocycles. The lowest BCUT2D eigenvalue weighted by molar-refractivity contribution is 0.100. The van der Waals surface area contributed by atoms with Gasteiger partial charge in [0.15, 0.2) is 5.76 Å². The number of pyridine rings is 1. The minimum Gasteiger partial charge on any atom is -0.433 e. The molecule has 0 bridgehead atoms. The van der Waals surface area contributed by atoms with E-state index in [0.717, 1.165) is 16.6 Å². The Morgan fingerprint density at radius 3 is 2.42 bits per heavy atom. The first-order valence-corrected chi connectivity index (χ1v) is 11.3. The molecule has 0 unspecified atom stereocenters. The summed E-state index contributed by atoms with van der Waals surface area (Å²) in [4.78, 5) is 21.6. The summed E-state index contributed by atoms with van der Waals surface area (Å²) >= 11 is 25.4. The predicted octanol–water partition coefficient (Wildman–Crippen LogP) is 7.58. The average molecular weight is 517 g/mol. The maximum Gasteiger partial charge on any atom is 0.268 e. The topological polar surface area (TPSA) is 60.9 Å². The molecule has 0 saturated heterocycles. The zero-order chi connectivity index (χ0) is 23.1. The van der Waals surface area contributed by atoms with Crippen LogP contribution in [0.5, 0.6) is 0 Å². The molecule has 164 valence electrons. The van der Waals surface area contributed by atoms with Crippen molar-refractivity contribution < 1.29 is 9.21 Å². The van der Waals surface area contributed by atoms with E-state index in [-0.39, 0.29) is 16.6 Å². The molecule has 0 spiro atoms. The van der Waals surface area contributed by atoms with Gasteiger partial charge in [0.2, 0.25) is 0 Å². The molecule has 0 amide bonds. The summed E-state index contributed by atoms with van der Waals surface area (Å²) in [5.41, 5.74) is 2.53. The summed E-state index contributed by atoms with van der Waals surface area (Å²) in [5, 5.41) is 2.32. The minimum atomic E-state index is -0.450. The molecule has 0 aliphatic heterocycles. The fourth-order valence-corrected chi connectivity index (χ4v) is 4.60. The molecular formula is C24H13Cl4N3O2. The Balaban J connectivity index is 1.61. The van der Waals surface area contributed by atoms with Gasteiger partial charge in [-0.3, -0.25) is 9.78 Å². The van der Waals surface area contributed by atoms with Gasteiger partial charge in [-0.05, 0) is 48.0 Å². The Morgan fingerprint density at radius 2 is 1.67 bits per heavy atom. The van der Waals surface area contributed by atoms with Crippen LogP contribution in [0.15, 0.2) is 71.5 Å². The van der Waals surface area contributed by atoms with Crippen LogP contribution in [0.1, 0.15) is 21.8 Å². The highest BCUT2D eigenvalue weighted by molar-refractivity contribution is 6.38. The molecule has 0 radical (unpaired) electrons. The van der Waals surface area contributed by atoms with Crippen molar-refractivity contribution in [2.75, 3.05) is 0 Å². The highest BCUT2D eigenvalue weighted by Gasteiger charge is 2.26. The quantitative estimate of drug-likeness (QED) is 0.226. The highest BCUT2D eigenvalue weighted by Crippen LogP contribution is 2.35. The van der Waals surface area contributed by atoms with Crippen LogP contribution in [0.3, 0.4) is 0 Å². The van der Waals surface area contributed by atoms with E-state index in [0.29, 0.717) is 32.8 Å². The number of nitrogens with zero attached hydrogens (tertiary/aromatic N) is 3. The first-order chi connectivity index (χ1) is 15.9. The lowest BCUT2D eigenvalue weighted by Crippen LogP contribution is -2.04. The van der Waals surface area contributed by atoms with Gasteiger partial charge in [-0.1, -0.05) is 52.5 Å². The fraction of sp³-hybridized carbons (Fsp3) is 0.0417. The van der Waals surface area contributed by atoms with E-state index in [1.54, 1.807) is 53.4 Å². The van der Waals surface area contributed by atoms with Crippen molar-refractivity contribution in [3.05, 3.63) is 104 Å². The van der Waals surface area contributed by atoms with Gasteiger partial charge in [0, 0.05) is 38.4 Å². The van der Waals surface area contributed by atoms with Crippen LogP contribution in [0.25, 0.3) is 22.2 Å². The van der Waals surface area contributed by atoms with E-state index in [1.807, 2.05) is 12.1 Å². The van der Waals surface area contributed by atoms with Crippen LogP contribution in [-0.4, -0.2) is 20.3 Å². The smallest absolute Gasteiger partial charge is 0.268 e. The van der Waals surface area contributed by atoms with Crippen molar-refractivity contribution in [2.45, 2.75) is 6.54 Å². The molecule has 0 fully saturated rings. The monoisotopic (exact) mass is 515 g/mol. The zero-order valence-electron chi connectivity index (χ0n) is 16.7. The molecule has 0 atom stereocenters. The van der Waals surface area contributed by atoms with Gasteiger partial charge in [-0.25, -0.2) is 4.98 Å². The first kappa shape index (κ1) is 22.0. The van der Waals surface area contributed by atoms with Crippen LogP contribution in [0.2, 0.25) is 20.2 Å². The third-order valence-electron chi connectivity index (χ3n) is 5.20. The number of hydrogen-bond donors (Lipinski definition) is 0. The lowest BCUT2D eigenvalue weighted by atomic mass is 10.1. The van der Waals surface area contributed by atoms with E-state index in [1.165, 1.54) is 6.20 Å². The van der Waals surface area contributed by atoms with E-state index in [4.69, 9.17) is 50.8 Å². The van der Waals surface area contributed by atoms with Gasteiger partial charge in [0.1, 0.15) is 5.15 Å². The summed E-state index contributed by atoms with van der Waals surface area (Å²) in [6, 6.07) is 14.0. The van der Waals surface area contributed by atoms with Crippen molar-refractivity contribution >= 4 is 63.1 Å². The maximum atomic E-state index is 13.5. The van der Waals surface area contributed by atoms with Gasteiger partial charge in [-0.2, -0.15) is 0 Å². The van der Waals surface area contributed by atoms with E-state index in [2.05, 4.69) is 9.97 Å². The summed E-state index contributed by atoms with van der Waals surface area (Å²) < 4.78 is 7.55. The van der Waals surface area contributed by atoms with Crippen molar-refractivity contribution in [3.63, 3.8) is 0 Å². The number of aromatic nitrogens is 3. The lowest BCUT2D eigenvalue weighted by Gasteiger charge is -2.09. The second-order valence-corrected chi connectivity index (χ2v) is 8.88. The van der Waals surface area contributed by atoms with E-state index in [9.17, 15) is 4.79 Å². The number of benzene rings is 2. The molecule has 5 aromatic rings. The molecule has 3 aromatic heterocycles. The van der Waals surface area contributed by atoms with Gasteiger partial charge in [0.25, 0.3) is 11.7 Å². The predicted molar refractivity (Wildman–Crippen MR) is 131 cm³/mol. The zero-order valence-corrected chi connectivity index (χ0v) is 19.8. The largest absolute Gasteiger partial charge is 0.433 e. The third-order valence-corrected chi connectivity index (χ3v) is 6.41. The Labute approximate surface area is 208 Å². The number of carbonyl (C=O) groups is 1. The molecular weight excluding hydrogens is 504 g/mol. The van der Waals surface area contributed by atoms with E-state index < -0.39 is 5.78 Å². The Hall–Kier alpha value is -2.83. The molecule has 0 aliphatic rings. The normalized spacial score (nSPS) is 11.3. The number of ketones is 1. The molecule has 9 heteroatoms. The van der Waals surface area contributed by atoms with Gasteiger partial charge in [0.05, 0.1) is 23.8 Å². The molecule has 0 aliphatic carbocycles. The molecule has 33 heavy (non-hydrogen) atoms. The standard InChI is InChI=1S/C24H13Cl4N3O2/c25-15-3-4-19-17(9-15)21(23(28)31(19)12-14-1-2-16(26)10-18(14)27)22(32)24-30-11-20(33-24)13-5-7-29-8-6-13/h1-11H,12H2. The molecule has 3 heterocycles. The van der Waals surface area contributed by atoms with Crippen LogP contribution in [0.4, 0.5) is 0 Å². The highest BCUT2D eigenvalue weighted by atomic mass is 35.5. The van der Waals surface area contributed by atoms with Gasteiger partial charge in [-0.15, -0.1) is 0 Å². The van der Waals surface area contributed by atoms with Crippen LogP contribution < -0.4 is 0 Å². The van der Waals surface area contributed by atoms with Crippen LogP contribution in [-0.2, 0) is 6.54 Å². The number of rotatable bonds is 5. The summed E-state index contributed by atoms with van der Waals surface area (Å²) in [6.45, 7) is 0.327. The first-order valence-electron chi connectivity index (χ1n) is 9.74. The van der Waals surface area contributed by atoms with Crippen molar-refractivity contribution in [3.8, 4) is 11.3 Å². The number of fused-ring (bicyclic) bond motifs is 1. The van der Waals surface area contributed by atoms with E-state index >= 15 is 0 Å². The SMILES string of the molecule is O=C(c1ncc(-c2ccncc2)o1)c1c(Cl)n(Cc2ccc(Cl)cc2Cl)c2ccc(Cl)cc12. The molecule has 5 nitrogen and oxygen atoms in total. The maximum absolute atomic E-state index is 13.5. The number of halogens is 4. The summed E-state index contributed by atoms with van der Waals surface area (Å²) in [7, 11) is 0. The third kappa shape index (κ3) is 4.13. The van der Waals surface area contributed by atoms with Gasteiger partial charge < -0.3 is 8.98 Å². The van der Waals surface area contributed by atoms with Crippen LogP contribution >= 0.6 is 46.4 Å². The second-order valence-electron chi connectivity index (χ2n) is 7.24. The molecule has 5 rings (SSSR count). The van der Waals surface area contributed by atoms with Crippen molar-refractivity contribution in [2.24, 2.45) is 0 Å². The molecule has 2 aromatic carbocycles. The summed E-state index contributed by atoms with van der Waals surface area (Å²) in [6.07, 6.45) is 4.76. The summed E-state index contributed by atoms with van der Waals surface area (Å²) in [5.74, 6) is -0.0765. The molecule has 0 N–H and O–H groups in total. The number of hydrogen-bond acceptors (Lipinski definition) is 4. The van der Waals surface area contributed by atoms with Crippen molar-refractivity contribution in [1.29, 1.82) is 0 Å². The second kappa shape index (κ2) is 8.84. The fourth-order valence-electron chi connectivity index (χ4n) is 3.62. The Bertz CT molecular complexity index is 1510. The number of carbonyl (C=O) groups excluding carboxylic acids is 1.